The van der Waals surface area contributed by atoms with Gasteiger partial charge in [0.05, 0.1) is 0 Å². The Morgan fingerprint density at radius 2 is 0.686 bits per heavy atom. The van der Waals surface area contributed by atoms with Crippen molar-refractivity contribution < 1.29 is 12.4 Å². The minimum absolute atomic E-state index is 0. The maximum absolute atomic E-state index is 8.01. The normalized spacial score (nSPS) is 11.9. The minimum atomic E-state index is -2.91. The van der Waals surface area contributed by atoms with Crippen LogP contribution in [0.3, 0.4) is 0 Å². The molecular formula is C31H27Cl2PSe. The fraction of sp³-hybridized carbons (Fsp3) is 0.0323. The monoisotopic (exact) mass is 580 g/mol. The molecule has 0 nitrogen and oxygen atoms in total. The zero-order valence-corrected chi connectivity index (χ0v) is 23.4. The summed E-state index contributed by atoms with van der Waals surface area (Å²) in [6.07, 6.45) is 0. The molecule has 5 aromatic carbocycles. The fourth-order valence-corrected chi connectivity index (χ4v) is 23.2. The first kappa shape index (κ1) is 25.7. The van der Waals surface area contributed by atoms with E-state index in [1.165, 1.54) is 24.8 Å². The van der Waals surface area contributed by atoms with Gasteiger partial charge in [0.2, 0.25) is 0 Å². The van der Waals surface area contributed by atoms with E-state index < -0.39 is 19.2 Å². The molecule has 0 bridgehead atoms. The van der Waals surface area contributed by atoms with E-state index in [0.29, 0.717) is 0 Å². The standard InChI is InChI=1S/C31H27ClPSe.ClH/c32-34(30-22-12-4-13-23-30,31-24-14-5-15-25-31)26-33(27-16-6-1-7-17-27,28-18-8-2-9-19-28)29-20-10-3-11-21-29;/h1-25H,26H2;1H/q+1;/p-1. The van der Waals surface area contributed by atoms with Crippen molar-refractivity contribution in [3.63, 3.8) is 0 Å². The Kier molecular flexibility index (Phi) is 8.50. The van der Waals surface area contributed by atoms with E-state index >= 15 is 0 Å². The quantitative estimate of drug-likeness (QED) is 0.205. The van der Waals surface area contributed by atoms with Crippen molar-refractivity contribution in [2.24, 2.45) is 0 Å². The largest absolute Gasteiger partial charge is 1.00 e. The second-order valence-corrected chi connectivity index (χ2v) is 20.7. The van der Waals surface area contributed by atoms with Gasteiger partial charge in [-0.2, -0.15) is 0 Å². The molecule has 5 aromatic rings. The average molecular weight is 580 g/mol. The van der Waals surface area contributed by atoms with Gasteiger partial charge in [-0.1, -0.05) is 0 Å². The Morgan fingerprint density at radius 1 is 0.429 bits per heavy atom. The van der Waals surface area contributed by atoms with Crippen LogP contribution in [0.25, 0.3) is 0 Å². The molecule has 35 heavy (non-hydrogen) atoms. The van der Waals surface area contributed by atoms with Gasteiger partial charge in [-0.15, -0.1) is 0 Å². The van der Waals surface area contributed by atoms with Crippen molar-refractivity contribution in [1.82, 2.24) is 0 Å². The molecule has 0 atom stereocenters. The van der Waals surface area contributed by atoms with E-state index in [2.05, 4.69) is 152 Å². The zero-order valence-electron chi connectivity index (χ0n) is 19.3. The summed E-state index contributed by atoms with van der Waals surface area (Å²) in [5, 5.41) is 5.06. The van der Waals surface area contributed by atoms with Crippen molar-refractivity contribution in [1.29, 1.82) is 0 Å². The van der Waals surface area contributed by atoms with Crippen LogP contribution >= 0.6 is 17.4 Å². The Bertz CT molecular complexity index is 1180. The van der Waals surface area contributed by atoms with Crippen LogP contribution in [-0.2, 0) is 0 Å². The van der Waals surface area contributed by atoms with Crippen molar-refractivity contribution in [2.45, 2.75) is 0 Å². The zero-order chi connectivity index (χ0) is 23.3. The summed E-state index contributed by atoms with van der Waals surface area (Å²) in [7, 11) is 5.94. The Balaban J connectivity index is 0.00000289. The van der Waals surface area contributed by atoms with Gasteiger partial charge in [-0.3, -0.25) is 0 Å². The van der Waals surface area contributed by atoms with Crippen LogP contribution < -0.4 is 37.2 Å². The molecule has 0 aliphatic rings. The molecule has 0 spiro atoms. The smallest absolute Gasteiger partial charge is 1.00 e. The van der Waals surface area contributed by atoms with Gasteiger partial charge >= 0.3 is 211 Å². The number of benzene rings is 5. The van der Waals surface area contributed by atoms with Crippen LogP contribution in [0.1, 0.15) is 0 Å². The maximum atomic E-state index is 8.01. The van der Waals surface area contributed by atoms with Gasteiger partial charge in [0.1, 0.15) is 0 Å². The topological polar surface area (TPSA) is 0 Å². The molecular weight excluding hydrogens is 553 g/mol. The van der Waals surface area contributed by atoms with Gasteiger partial charge in [-0.05, 0) is 0 Å². The second-order valence-electron chi connectivity index (χ2n) is 8.23. The SMILES string of the molecule is Cl[Se](C[P+](c1ccccc1)(c1ccccc1)c1ccccc1)(c1ccccc1)c1ccccc1.[Cl-]. The van der Waals surface area contributed by atoms with Crippen LogP contribution in [0.15, 0.2) is 152 Å². The summed E-state index contributed by atoms with van der Waals surface area (Å²) in [4.78, 5) is 0. The first-order valence-electron chi connectivity index (χ1n) is 11.4. The number of halogens is 2. The molecule has 176 valence electrons. The third-order valence-electron chi connectivity index (χ3n) is 6.20. The first-order chi connectivity index (χ1) is 16.7. The van der Waals surface area contributed by atoms with Crippen LogP contribution in [0.5, 0.6) is 0 Å². The van der Waals surface area contributed by atoms with Gasteiger partial charge in [0.15, 0.2) is 0 Å². The predicted octanol–water partition coefficient (Wildman–Crippen LogP) is 2.52. The molecule has 0 saturated carbocycles. The molecule has 0 amide bonds. The number of hydrogen-bond acceptors (Lipinski definition) is 0. The molecule has 5 rings (SSSR count). The van der Waals surface area contributed by atoms with Crippen LogP contribution in [0, 0.1) is 0 Å². The first-order valence-corrected chi connectivity index (χ1v) is 18.5. The van der Waals surface area contributed by atoms with Crippen molar-refractivity contribution >= 4 is 54.1 Å². The third-order valence-corrected chi connectivity index (χ3v) is 22.8. The van der Waals surface area contributed by atoms with Crippen molar-refractivity contribution in [3.8, 4) is 0 Å². The average Bonchev–Trinajstić information content (AvgIpc) is 2.94. The van der Waals surface area contributed by atoms with Gasteiger partial charge in [0.25, 0.3) is 0 Å². The Hall–Kier alpha value is -2.37. The molecule has 0 aliphatic heterocycles. The number of hydrogen-bond donors (Lipinski definition) is 0. The summed E-state index contributed by atoms with van der Waals surface area (Å²) in [6.45, 7) is 0. The second kappa shape index (κ2) is 11.6. The summed E-state index contributed by atoms with van der Waals surface area (Å²) in [6, 6.07) is 54.7. The molecule has 4 heteroatoms. The fourth-order valence-electron chi connectivity index (χ4n) is 4.54. The molecule has 0 saturated heterocycles. The van der Waals surface area contributed by atoms with E-state index in [0.717, 1.165) is 5.06 Å². The Morgan fingerprint density at radius 3 is 0.971 bits per heavy atom. The van der Waals surface area contributed by atoms with E-state index in [-0.39, 0.29) is 12.4 Å². The molecule has 0 fully saturated rings. The van der Waals surface area contributed by atoms with E-state index in [1.54, 1.807) is 0 Å². The van der Waals surface area contributed by atoms with E-state index in [9.17, 15) is 0 Å². The van der Waals surface area contributed by atoms with Crippen molar-refractivity contribution in [3.05, 3.63) is 152 Å². The van der Waals surface area contributed by atoms with Crippen LogP contribution in [0.4, 0.5) is 0 Å². The summed E-state index contributed by atoms with van der Waals surface area (Å²) in [5.74, 6) is 0. The summed E-state index contributed by atoms with van der Waals surface area (Å²) < 4.78 is 2.55. The molecule has 0 unspecified atom stereocenters. The van der Waals surface area contributed by atoms with E-state index in [1.807, 2.05) is 0 Å². The summed E-state index contributed by atoms with van der Waals surface area (Å²) in [5.41, 5.74) is 0. The maximum Gasteiger partial charge on any atom is -1.00 e. The molecule has 0 aromatic heterocycles. The van der Waals surface area contributed by atoms with Gasteiger partial charge in [-0.25, -0.2) is 0 Å². The van der Waals surface area contributed by atoms with Gasteiger partial charge in [0, 0.05) is 0 Å². The van der Waals surface area contributed by atoms with E-state index in [4.69, 9.17) is 10.1 Å². The Labute approximate surface area is 222 Å². The van der Waals surface area contributed by atoms with Gasteiger partial charge < -0.3 is 12.4 Å². The molecule has 0 radical (unpaired) electrons. The summed E-state index contributed by atoms with van der Waals surface area (Å²) >= 11 is -2.91. The van der Waals surface area contributed by atoms with Crippen molar-refractivity contribution in [2.75, 3.05) is 5.06 Å². The third kappa shape index (κ3) is 5.12. The molecule has 0 heterocycles. The van der Waals surface area contributed by atoms with Crippen LogP contribution in [-0.4, -0.2) is 17.0 Å². The predicted molar refractivity (Wildman–Crippen MR) is 154 cm³/mol. The minimum Gasteiger partial charge on any atom is -1.00 e. The van der Waals surface area contributed by atoms with Crippen LogP contribution in [0.2, 0.25) is 0 Å². The number of rotatable bonds is 7. The molecule has 0 N–H and O–H groups in total. The molecule has 0 aliphatic carbocycles.